The highest BCUT2D eigenvalue weighted by Crippen LogP contribution is 2.19. The Kier molecular flexibility index (Phi) is 5.79. The largest absolute Gasteiger partial charge is 0.336 e. The molecular formula is C19H21BrN2O3S. The lowest BCUT2D eigenvalue weighted by Gasteiger charge is -2.34. The first-order chi connectivity index (χ1) is 12.4. The molecule has 26 heavy (non-hydrogen) atoms. The topological polar surface area (TPSA) is 57.7 Å². The van der Waals surface area contributed by atoms with Gasteiger partial charge in [-0.2, -0.15) is 4.31 Å². The third-order valence-electron chi connectivity index (χ3n) is 4.53. The molecule has 1 heterocycles. The minimum absolute atomic E-state index is 0.00634. The quantitative estimate of drug-likeness (QED) is 0.739. The SMILES string of the molecule is Cc1cc(Br)ccc1C(=O)N1CCN(S(=O)(=O)Cc2ccccc2)CC1. The summed E-state index contributed by atoms with van der Waals surface area (Å²) in [4.78, 5) is 14.4. The van der Waals surface area contributed by atoms with Gasteiger partial charge in [0.25, 0.3) is 5.91 Å². The van der Waals surface area contributed by atoms with Crippen LogP contribution in [0.4, 0.5) is 0 Å². The van der Waals surface area contributed by atoms with Crippen LogP contribution in [0.5, 0.6) is 0 Å². The number of amides is 1. The van der Waals surface area contributed by atoms with Crippen LogP contribution in [0.15, 0.2) is 53.0 Å². The molecule has 0 atom stereocenters. The van der Waals surface area contributed by atoms with E-state index in [1.807, 2.05) is 49.4 Å². The van der Waals surface area contributed by atoms with Gasteiger partial charge in [0.1, 0.15) is 0 Å². The van der Waals surface area contributed by atoms with Crippen LogP contribution in [0.3, 0.4) is 0 Å². The highest BCUT2D eigenvalue weighted by atomic mass is 79.9. The molecular weight excluding hydrogens is 416 g/mol. The van der Waals surface area contributed by atoms with Crippen molar-refractivity contribution in [3.8, 4) is 0 Å². The normalized spacial score (nSPS) is 15.8. The molecule has 1 saturated heterocycles. The van der Waals surface area contributed by atoms with E-state index in [1.165, 1.54) is 4.31 Å². The number of carbonyl (C=O) groups is 1. The number of hydrogen-bond acceptors (Lipinski definition) is 3. The van der Waals surface area contributed by atoms with Crippen molar-refractivity contribution in [1.82, 2.24) is 9.21 Å². The van der Waals surface area contributed by atoms with E-state index in [4.69, 9.17) is 0 Å². The molecule has 0 saturated carbocycles. The van der Waals surface area contributed by atoms with Gasteiger partial charge in [-0.05, 0) is 36.2 Å². The lowest BCUT2D eigenvalue weighted by atomic mass is 10.1. The molecule has 1 aliphatic rings. The Labute approximate surface area is 162 Å². The smallest absolute Gasteiger partial charge is 0.254 e. The van der Waals surface area contributed by atoms with Crippen LogP contribution in [0.2, 0.25) is 0 Å². The zero-order valence-corrected chi connectivity index (χ0v) is 17.0. The van der Waals surface area contributed by atoms with E-state index in [1.54, 1.807) is 11.0 Å². The van der Waals surface area contributed by atoms with Gasteiger partial charge in [0.2, 0.25) is 10.0 Å². The van der Waals surface area contributed by atoms with Crippen LogP contribution in [0.1, 0.15) is 21.5 Å². The molecule has 0 bridgehead atoms. The van der Waals surface area contributed by atoms with Gasteiger partial charge in [-0.15, -0.1) is 0 Å². The van der Waals surface area contributed by atoms with E-state index < -0.39 is 10.0 Å². The molecule has 0 aromatic heterocycles. The third kappa shape index (κ3) is 4.34. The molecule has 1 amide bonds. The number of benzene rings is 2. The van der Waals surface area contributed by atoms with Crippen LogP contribution in [0, 0.1) is 6.92 Å². The van der Waals surface area contributed by atoms with Crippen molar-refractivity contribution in [3.63, 3.8) is 0 Å². The number of carbonyl (C=O) groups excluding carboxylic acids is 1. The van der Waals surface area contributed by atoms with E-state index in [-0.39, 0.29) is 11.7 Å². The van der Waals surface area contributed by atoms with Gasteiger partial charge in [-0.3, -0.25) is 4.79 Å². The summed E-state index contributed by atoms with van der Waals surface area (Å²) in [6.07, 6.45) is 0. The zero-order chi connectivity index (χ0) is 18.7. The highest BCUT2D eigenvalue weighted by Gasteiger charge is 2.29. The third-order valence-corrected chi connectivity index (χ3v) is 6.87. The Morgan fingerprint density at radius 3 is 2.31 bits per heavy atom. The van der Waals surface area contributed by atoms with E-state index in [0.29, 0.717) is 31.7 Å². The van der Waals surface area contributed by atoms with E-state index in [0.717, 1.165) is 15.6 Å². The van der Waals surface area contributed by atoms with Crippen molar-refractivity contribution in [2.24, 2.45) is 0 Å². The van der Waals surface area contributed by atoms with Gasteiger partial charge in [-0.1, -0.05) is 46.3 Å². The second-order valence-electron chi connectivity index (χ2n) is 6.39. The maximum Gasteiger partial charge on any atom is 0.254 e. The Balaban J connectivity index is 1.64. The number of piperazine rings is 1. The fraction of sp³-hybridized carbons (Fsp3) is 0.316. The van der Waals surface area contributed by atoms with Crippen molar-refractivity contribution < 1.29 is 13.2 Å². The molecule has 2 aromatic rings. The molecule has 1 aliphatic heterocycles. The summed E-state index contributed by atoms with van der Waals surface area (Å²) in [5.74, 6) is -0.0525. The average molecular weight is 437 g/mol. The van der Waals surface area contributed by atoms with Crippen LogP contribution in [-0.4, -0.2) is 49.7 Å². The summed E-state index contributed by atoms with van der Waals surface area (Å²) >= 11 is 3.40. The fourth-order valence-electron chi connectivity index (χ4n) is 3.08. The Hall–Kier alpha value is -1.70. The van der Waals surface area contributed by atoms with Crippen LogP contribution in [0.25, 0.3) is 0 Å². The number of nitrogens with zero attached hydrogens (tertiary/aromatic N) is 2. The minimum atomic E-state index is -3.37. The molecule has 0 radical (unpaired) electrons. The molecule has 5 nitrogen and oxygen atoms in total. The number of rotatable bonds is 4. The molecule has 0 unspecified atom stereocenters. The summed E-state index contributed by atoms with van der Waals surface area (Å²) < 4.78 is 27.6. The molecule has 0 N–H and O–H groups in total. The van der Waals surface area contributed by atoms with Crippen molar-refractivity contribution in [1.29, 1.82) is 0 Å². The average Bonchev–Trinajstić information content (AvgIpc) is 2.62. The molecule has 7 heteroatoms. The Bertz CT molecular complexity index is 892. The lowest BCUT2D eigenvalue weighted by molar-refractivity contribution is 0.0697. The second kappa shape index (κ2) is 7.90. The lowest BCUT2D eigenvalue weighted by Crippen LogP contribution is -2.50. The Morgan fingerprint density at radius 2 is 1.69 bits per heavy atom. The van der Waals surface area contributed by atoms with Gasteiger partial charge in [0, 0.05) is 36.2 Å². The molecule has 0 spiro atoms. The van der Waals surface area contributed by atoms with Gasteiger partial charge in [0.15, 0.2) is 0 Å². The van der Waals surface area contributed by atoms with Crippen molar-refractivity contribution in [2.45, 2.75) is 12.7 Å². The highest BCUT2D eigenvalue weighted by molar-refractivity contribution is 9.10. The first-order valence-corrected chi connectivity index (χ1v) is 10.8. The zero-order valence-electron chi connectivity index (χ0n) is 14.6. The first kappa shape index (κ1) is 19.1. The molecule has 1 fully saturated rings. The summed E-state index contributed by atoms with van der Waals surface area (Å²) in [7, 11) is -3.37. The maximum absolute atomic E-state index is 12.7. The van der Waals surface area contributed by atoms with Gasteiger partial charge >= 0.3 is 0 Å². The predicted molar refractivity (Wildman–Crippen MR) is 105 cm³/mol. The Morgan fingerprint density at radius 1 is 1.04 bits per heavy atom. The van der Waals surface area contributed by atoms with Gasteiger partial charge in [-0.25, -0.2) is 8.42 Å². The summed E-state index contributed by atoms with van der Waals surface area (Å²) in [5, 5.41) is 0. The van der Waals surface area contributed by atoms with Gasteiger partial charge in [0.05, 0.1) is 5.75 Å². The second-order valence-corrected chi connectivity index (χ2v) is 9.28. The maximum atomic E-state index is 12.7. The predicted octanol–water partition coefficient (Wildman–Crippen LogP) is 3.05. The number of halogens is 1. The first-order valence-electron chi connectivity index (χ1n) is 8.44. The minimum Gasteiger partial charge on any atom is -0.336 e. The molecule has 3 rings (SSSR count). The summed E-state index contributed by atoms with van der Waals surface area (Å²) in [6.45, 7) is 3.37. The molecule has 0 aliphatic carbocycles. The van der Waals surface area contributed by atoms with Gasteiger partial charge < -0.3 is 4.90 Å². The van der Waals surface area contributed by atoms with E-state index in [2.05, 4.69) is 15.9 Å². The number of aryl methyl sites for hydroxylation is 1. The standard InChI is InChI=1S/C19H21BrN2O3S/c1-15-13-17(20)7-8-18(15)19(23)21-9-11-22(12-10-21)26(24,25)14-16-5-3-2-4-6-16/h2-8,13H,9-12,14H2,1H3. The summed E-state index contributed by atoms with van der Waals surface area (Å²) in [6, 6.07) is 14.7. The van der Waals surface area contributed by atoms with Crippen LogP contribution < -0.4 is 0 Å². The van der Waals surface area contributed by atoms with Crippen LogP contribution >= 0.6 is 15.9 Å². The summed E-state index contributed by atoms with van der Waals surface area (Å²) in [5.41, 5.74) is 2.34. The fourth-order valence-corrected chi connectivity index (χ4v) is 5.07. The van der Waals surface area contributed by atoms with E-state index in [9.17, 15) is 13.2 Å². The van der Waals surface area contributed by atoms with Crippen molar-refractivity contribution in [2.75, 3.05) is 26.2 Å². The van der Waals surface area contributed by atoms with E-state index >= 15 is 0 Å². The van der Waals surface area contributed by atoms with Crippen LogP contribution in [-0.2, 0) is 15.8 Å². The number of sulfonamides is 1. The molecule has 2 aromatic carbocycles. The van der Waals surface area contributed by atoms with Crippen molar-refractivity contribution >= 4 is 31.9 Å². The monoisotopic (exact) mass is 436 g/mol. The molecule has 138 valence electrons. The number of hydrogen-bond donors (Lipinski definition) is 0. The van der Waals surface area contributed by atoms with Crippen molar-refractivity contribution in [3.05, 3.63) is 69.7 Å².